The summed E-state index contributed by atoms with van der Waals surface area (Å²) in [6.07, 6.45) is 3.20. The quantitative estimate of drug-likeness (QED) is 0.753. The first-order valence-electron chi connectivity index (χ1n) is 6.60. The van der Waals surface area contributed by atoms with E-state index in [2.05, 4.69) is 10.6 Å². The van der Waals surface area contributed by atoms with Crippen LogP contribution in [0.4, 0.5) is 5.69 Å². The van der Waals surface area contributed by atoms with Crippen LogP contribution in [-0.2, 0) is 4.79 Å². The van der Waals surface area contributed by atoms with Crippen LogP contribution in [0.25, 0.3) is 0 Å². The van der Waals surface area contributed by atoms with Gasteiger partial charge >= 0.3 is 0 Å². The minimum Gasteiger partial charge on any atom is -0.366 e. The summed E-state index contributed by atoms with van der Waals surface area (Å²) < 4.78 is 0. The fraction of sp³-hybridized carbons (Fsp3) is 0.429. The highest BCUT2D eigenvalue weighted by Gasteiger charge is 2.42. The largest absolute Gasteiger partial charge is 0.366 e. The van der Waals surface area contributed by atoms with Gasteiger partial charge in [0.25, 0.3) is 0 Å². The van der Waals surface area contributed by atoms with Crippen molar-refractivity contribution in [2.45, 2.75) is 31.3 Å². The maximum Gasteiger partial charge on any atom is 0.248 e. The molecule has 3 rings (SSSR count). The van der Waals surface area contributed by atoms with E-state index >= 15 is 0 Å². The van der Waals surface area contributed by atoms with Crippen molar-refractivity contribution in [2.75, 3.05) is 5.32 Å². The molecule has 2 amide bonds. The lowest BCUT2D eigenvalue weighted by Gasteiger charge is -2.19. The van der Waals surface area contributed by atoms with Gasteiger partial charge in [-0.05, 0) is 43.5 Å². The van der Waals surface area contributed by atoms with Gasteiger partial charge < -0.3 is 16.4 Å². The van der Waals surface area contributed by atoms with E-state index in [9.17, 15) is 9.59 Å². The fourth-order valence-corrected chi connectivity index (χ4v) is 3.07. The Morgan fingerprint density at radius 1 is 1.21 bits per heavy atom. The first-order chi connectivity index (χ1) is 9.13. The summed E-state index contributed by atoms with van der Waals surface area (Å²) in [6, 6.07) is 7.50. The Morgan fingerprint density at radius 3 is 2.47 bits per heavy atom. The molecule has 2 aliphatic rings. The summed E-state index contributed by atoms with van der Waals surface area (Å²) in [5.41, 5.74) is 6.32. The molecular formula is C14H17N3O2. The number of rotatable bonds is 3. The summed E-state index contributed by atoms with van der Waals surface area (Å²) in [7, 11) is 0. The van der Waals surface area contributed by atoms with Gasteiger partial charge in [0, 0.05) is 23.3 Å². The van der Waals surface area contributed by atoms with Crippen LogP contribution in [0.2, 0.25) is 0 Å². The number of nitrogens with one attached hydrogen (secondary N) is 2. The molecule has 100 valence electrons. The summed E-state index contributed by atoms with van der Waals surface area (Å²) in [5, 5.41) is 6.35. The lowest BCUT2D eigenvalue weighted by molar-refractivity contribution is -0.120. The maximum absolute atomic E-state index is 12.2. The van der Waals surface area contributed by atoms with Crippen LogP contribution in [-0.4, -0.2) is 23.9 Å². The van der Waals surface area contributed by atoms with E-state index in [0.717, 1.165) is 12.8 Å². The minimum atomic E-state index is -0.463. The number of anilines is 1. The van der Waals surface area contributed by atoms with Crippen LogP contribution in [0.1, 0.15) is 29.6 Å². The summed E-state index contributed by atoms with van der Waals surface area (Å²) in [6.45, 7) is 0. The van der Waals surface area contributed by atoms with Gasteiger partial charge in [0.2, 0.25) is 11.8 Å². The van der Waals surface area contributed by atoms with E-state index < -0.39 is 5.91 Å². The van der Waals surface area contributed by atoms with E-state index in [-0.39, 0.29) is 11.8 Å². The van der Waals surface area contributed by atoms with Crippen molar-refractivity contribution >= 4 is 17.5 Å². The van der Waals surface area contributed by atoms with Crippen LogP contribution >= 0.6 is 0 Å². The third kappa shape index (κ3) is 2.33. The Hall–Kier alpha value is -1.88. The molecule has 2 fully saturated rings. The monoisotopic (exact) mass is 259 g/mol. The van der Waals surface area contributed by atoms with Crippen molar-refractivity contribution in [3.63, 3.8) is 0 Å². The molecule has 3 unspecified atom stereocenters. The number of primary amides is 1. The molecule has 4 N–H and O–H groups in total. The average Bonchev–Trinajstić information content (AvgIpc) is 3.01. The van der Waals surface area contributed by atoms with Crippen LogP contribution < -0.4 is 16.4 Å². The third-order valence-electron chi connectivity index (χ3n) is 4.07. The molecular weight excluding hydrogens is 242 g/mol. The van der Waals surface area contributed by atoms with Crippen molar-refractivity contribution in [1.29, 1.82) is 0 Å². The van der Waals surface area contributed by atoms with Crippen LogP contribution in [0.5, 0.6) is 0 Å². The number of hydrogen-bond donors (Lipinski definition) is 3. The lowest BCUT2D eigenvalue weighted by atomic mass is 9.88. The lowest BCUT2D eigenvalue weighted by Crippen LogP contribution is -2.32. The first-order valence-corrected chi connectivity index (χ1v) is 6.60. The van der Waals surface area contributed by atoms with Crippen LogP contribution in [0.15, 0.2) is 24.3 Å². The minimum absolute atomic E-state index is 0.0616. The van der Waals surface area contributed by atoms with E-state index in [1.807, 2.05) is 0 Å². The molecule has 2 saturated heterocycles. The number of fused-ring (bicyclic) bond motifs is 2. The maximum atomic E-state index is 12.2. The predicted molar refractivity (Wildman–Crippen MR) is 71.6 cm³/mol. The zero-order valence-electron chi connectivity index (χ0n) is 10.6. The molecule has 0 spiro atoms. The van der Waals surface area contributed by atoms with Gasteiger partial charge in [-0.1, -0.05) is 0 Å². The van der Waals surface area contributed by atoms with Crippen LogP contribution in [0, 0.1) is 5.92 Å². The normalized spacial score (nSPS) is 28.3. The molecule has 5 nitrogen and oxygen atoms in total. The van der Waals surface area contributed by atoms with Gasteiger partial charge in [0.1, 0.15) is 0 Å². The highest BCUT2D eigenvalue weighted by molar-refractivity contribution is 5.95. The smallest absolute Gasteiger partial charge is 0.248 e. The van der Waals surface area contributed by atoms with Crippen molar-refractivity contribution in [1.82, 2.24) is 5.32 Å². The molecule has 19 heavy (non-hydrogen) atoms. The molecule has 2 aliphatic heterocycles. The Morgan fingerprint density at radius 2 is 1.95 bits per heavy atom. The second-order valence-corrected chi connectivity index (χ2v) is 5.32. The zero-order valence-corrected chi connectivity index (χ0v) is 10.6. The van der Waals surface area contributed by atoms with Crippen molar-refractivity contribution in [3.8, 4) is 0 Å². The Balaban J connectivity index is 1.64. The molecule has 0 saturated carbocycles. The Bertz CT molecular complexity index is 512. The van der Waals surface area contributed by atoms with E-state index in [0.29, 0.717) is 23.3 Å². The molecule has 0 radical (unpaired) electrons. The van der Waals surface area contributed by atoms with Gasteiger partial charge in [-0.15, -0.1) is 0 Å². The summed E-state index contributed by atoms with van der Waals surface area (Å²) >= 11 is 0. The van der Waals surface area contributed by atoms with Crippen LogP contribution in [0.3, 0.4) is 0 Å². The molecule has 2 heterocycles. The SMILES string of the molecule is NC(=O)c1ccc(NC(=O)C2CC3CCC2N3)cc1. The third-order valence-corrected chi connectivity index (χ3v) is 4.07. The highest BCUT2D eigenvalue weighted by Crippen LogP contribution is 2.33. The highest BCUT2D eigenvalue weighted by atomic mass is 16.2. The van der Waals surface area contributed by atoms with E-state index in [4.69, 9.17) is 5.73 Å². The number of carbonyl (C=O) groups is 2. The number of benzene rings is 1. The van der Waals surface area contributed by atoms with Crippen molar-refractivity contribution in [2.24, 2.45) is 11.7 Å². The molecule has 2 bridgehead atoms. The van der Waals surface area contributed by atoms with Gasteiger partial charge in [-0.25, -0.2) is 0 Å². The zero-order chi connectivity index (χ0) is 13.4. The topological polar surface area (TPSA) is 84.2 Å². The number of nitrogens with two attached hydrogens (primary N) is 1. The Labute approximate surface area is 111 Å². The second kappa shape index (κ2) is 4.66. The van der Waals surface area contributed by atoms with Crippen molar-refractivity contribution < 1.29 is 9.59 Å². The number of carbonyl (C=O) groups excluding carboxylic acids is 2. The van der Waals surface area contributed by atoms with Gasteiger partial charge in [0.15, 0.2) is 0 Å². The molecule has 5 heteroatoms. The molecule has 0 aromatic heterocycles. The summed E-state index contributed by atoms with van der Waals surface area (Å²) in [5.74, 6) is -0.337. The molecule has 0 aliphatic carbocycles. The van der Waals surface area contributed by atoms with Gasteiger partial charge in [-0.2, -0.15) is 0 Å². The molecule has 1 aromatic rings. The average molecular weight is 259 g/mol. The molecule has 3 atom stereocenters. The number of hydrogen-bond acceptors (Lipinski definition) is 3. The standard InChI is InChI=1S/C14H17N3O2/c15-13(18)8-1-3-9(4-2-8)17-14(19)11-7-10-5-6-12(11)16-10/h1-4,10-12,16H,5-7H2,(H2,15,18)(H,17,19). The molecule has 1 aromatic carbocycles. The predicted octanol–water partition coefficient (Wildman–Crippen LogP) is 0.864. The van der Waals surface area contributed by atoms with Crippen molar-refractivity contribution in [3.05, 3.63) is 29.8 Å². The van der Waals surface area contributed by atoms with Gasteiger partial charge in [0.05, 0.1) is 5.92 Å². The first kappa shape index (κ1) is 12.2. The number of amides is 2. The van der Waals surface area contributed by atoms with Gasteiger partial charge in [-0.3, -0.25) is 9.59 Å². The van der Waals surface area contributed by atoms with E-state index in [1.165, 1.54) is 6.42 Å². The Kier molecular flexibility index (Phi) is 2.98. The summed E-state index contributed by atoms with van der Waals surface area (Å²) in [4.78, 5) is 23.1. The van der Waals surface area contributed by atoms with E-state index in [1.54, 1.807) is 24.3 Å². The fourth-order valence-electron chi connectivity index (χ4n) is 3.07. The second-order valence-electron chi connectivity index (χ2n) is 5.32.